The molecule has 2 atom stereocenters. The van der Waals surface area contributed by atoms with Gasteiger partial charge >= 0.3 is 5.97 Å². The minimum Gasteiger partial charge on any atom is -0.458 e. The van der Waals surface area contributed by atoms with Gasteiger partial charge in [-0.15, -0.1) is 0 Å². The monoisotopic (exact) mass is 469 g/mol. The van der Waals surface area contributed by atoms with Crippen LogP contribution in [0.1, 0.15) is 46.4 Å². The Morgan fingerprint density at radius 3 is 2.79 bits per heavy atom. The van der Waals surface area contributed by atoms with E-state index < -0.39 is 47.8 Å². The van der Waals surface area contributed by atoms with Crippen LogP contribution < -0.4 is 10.9 Å². The molecule has 1 aromatic carbocycles. The number of carbonyl (C=O) groups is 2. The second-order valence-electron chi connectivity index (χ2n) is 8.58. The van der Waals surface area contributed by atoms with Crippen molar-refractivity contribution in [2.45, 2.75) is 38.1 Å². The number of carbonyl (C=O) groups excluding carboxylic acids is 2. The van der Waals surface area contributed by atoms with Gasteiger partial charge < -0.3 is 24.8 Å². The van der Waals surface area contributed by atoms with E-state index in [-0.39, 0.29) is 48.2 Å². The summed E-state index contributed by atoms with van der Waals surface area (Å²) in [6.45, 7) is -0.975. The van der Waals surface area contributed by atoms with E-state index in [2.05, 4.69) is 10.3 Å². The van der Waals surface area contributed by atoms with Crippen molar-refractivity contribution < 1.29 is 33.3 Å². The number of benzene rings is 1. The second kappa shape index (κ2) is 7.15. The number of ether oxygens (including phenoxy) is 1. The van der Waals surface area contributed by atoms with E-state index in [1.54, 1.807) is 0 Å². The van der Waals surface area contributed by atoms with Crippen molar-refractivity contribution in [3.05, 3.63) is 61.9 Å². The van der Waals surface area contributed by atoms with Gasteiger partial charge in [-0.25, -0.2) is 18.6 Å². The number of halogens is 2. The molecule has 0 bridgehead atoms. The molecule has 4 heterocycles. The number of rotatable bonds is 2. The maximum absolute atomic E-state index is 14.7. The van der Waals surface area contributed by atoms with E-state index in [4.69, 9.17) is 4.74 Å². The molecule has 0 spiro atoms. The van der Waals surface area contributed by atoms with Gasteiger partial charge in [0, 0.05) is 28.1 Å². The molecule has 1 aliphatic carbocycles. The highest BCUT2D eigenvalue weighted by molar-refractivity contribution is 5.93. The third-order valence-electron chi connectivity index (χ3n) is 6.79. The van der Waals surface area contributed by atoms with Crippen molar-refractivity contribution in [3.8, 4) is 11.4 Å². The molecule has 174 valence electrons. The molecule has 3 N–H and O–H groups in total. The summed E-state index contributed by atoms with van der Waals surface area (Å²) >= 11 is 0. The number of hydrogen-bond acceptors (Lipinski definition) is 7. The molecular formula is C23H17F2N3O6. The lowest BCUT2D eigenvalue weighted by atomic mass is 9.83. The third kappa shape index (κ3) is 2.71. The molecule has 2 unspecified atom stereocenters. The maximum Gasteiger partial charge on any atom is 0.340 e. The molecule has 3 aliphatic rings. The van der Waals surface area contributed by atoms with Crippen molar-refractivity contribution in [1.82, 2.24) is 14.9 Å². The number of nitrogens with one attached hydrogen (secondary N) is 1. The van der Waals surface area contributed by atoms with Crippen molar-refractivity contribution in [1.29, 1.82) is 0 Å². The fraction of sp³-hybridized carbons (Fsp3) is 0.304. The quantitative estimate of drug-likeness (QED) is 0.372. The van der Waals surface area contributed by atoms with Gasteiger partial charge in [-0.2, -0.15) is 0 Å². The van der Waals surface area contributed by atoms with Crippen LogP contribution in [0, 0.1) is 11.6 Å². The van der Waals surface area contributed by atoms with Gasteiger partial charge in [-0.05, 0) is 24.5 Å². The van der Waals surface area contributed by atoms with Crippen LogP contribution in [0.15, 0.2) is 16.9 Å². The number of amides is 1. The van der Waals surface area contributed by atoms with Crippen LogP contribution in [0.25, 0.3) is 22.3 Å². The average molecular weight is 469 g/mol. The van der Waals surface area contributed by atoms with Gasteiger partial charge in [0.05, 0.1) is 35.1 Å². The number of esters is 1. The standard InChI is InChI=1S/C23H17F2N3O6/c24-12-4-14-17-8(19(12)25)1-2-13(26-16(30)6-29)18(17)10-5-28-15(20(10)27-14)3-9-11(22(28)32)7-34-23(33)21(9)31/h3-4,13,21,29,31H,1-2,5-7H2,(H,26,30). The molecule has 6 rings (SSSR count). The van der Waals surface area contributed by atoms with Crippen LogP contribution >= 0.6 is 0 Å². The van der Waals surface area contributed by atoms with Crippen molar-refractivity contribution in [2.24, 2.45) is 0 Å². The van der Waals surface area contributed by atoms with E-state index in [9.17, 15) is 33.4 Å². The summed E-state index contributed by atoms with van der Waals surface area (Å²) in [4.78, 5) is 41.6. The van der Waals surface area contributed by atoms with Crippen LogP contribution in [-0.2, 0) is 33.9 Å². The lowest BCUT2D eigenvalue weighted by molar-refractivity contribution is -0.157. The predicted molar refractivity (Wildman–Crippen MR) is 112 cm³/mol. The molecule has 0 radical (unpaired) electrons. The van der Waals surface area contributed by atoms with Crippen molar-refractivity contribution in [2.75, 3.05) is 6.61 Å². The summed E-state index contributed by atoms with van der Waals surface area (Å²) in [5, 5.41) is 22.6. The molecule has 2 aromatic heterocycles. The molecule has 2 aliphatic heterocycles. The average Bonchev–Trinajstić information content (AvgIpc) is 3.19. The number of aliphatic hydroxyl groups is 2. The molecule has 1 amide bonds. The van der Waals surface area contributed by atoms with E-state index in [0.717, 1.165) is 6.07 Å². The summed E-state index contributed by atoms with van der Waals surface area (Å²) < 4.78 is 35.4. The summed E-state index contributed by atoms with van der Waals surface area (Å²) in [6.07, 6.45) is -1.22. The van der Waals surface area contributed by atoms with E-state index in [1.165, 1.54) is 10.6 Å². The first-order valence-electron chi connectivity index (χ1n) is 10.7. The fourth-order valence-corrected chi connectivity index (χ4v) is 5.29. The lowest BCUT2D eigenvalue weighted by Gasteiger charge is -2.28. The van der Waals surface area contributed by atoms with Gasteiger partial charge in [-0.1, -0.05) is 0 Å². The molecule has 0 saturated heterocycles. The maximum atomic E-state index is 14.7. The first-order valence-corrected chi connectivity index (χ1v) is 10.7. The van der Waals surface area contributed by atoms with Crippen LogP contribution in [0.3, 0.4) is 0 Å². The van der Waals surface area contributed by atoms with Gasteiger partial charge in [-0.3, -0.25) is 9.59 Å². The number of aromatic nitrogens is 2. The number of fused-ring (bicyclic) bond motifs is 5. The van der Waals surface area contributed by atoms with Crippen LogP contribution in [0.2, 0.25) is 0 Å². The Labute approximate surface area is 189 Å². The first kappa shape index (κ1) is 20.9. The molecule has 0 fully saturated rings. The summed E-state index contributed by atoms with van der Waals surface area (Å²) in [5.41, 5.74) is 1.77. The number of hydrogen-bond donors (Lipinski definition) is 3. The highest BCUT2D eigenvalue weighted by Crippen LogP contribution is 2.45. The molecule has 3 aromatic rings. The largest absolute Gasteiger partial charge is 0.458 e. The van der Waals surface area contributed by atoms with Crippen molar-refractivity contribution >= 4 is 22.8 Å². The smallest absolute Gasteiger partial charge is 0.340 e. The van der Waals surface area contributed by atoms with Crippen LogP contribution in [0.5, 0.6) is 0 Å². The molecule has 9 nitrogen and oxygen atoms in total. The normalized spacial score (nSPS) is 19.9. The number of pyridine rings is 2. The van der Waals surface area contributed by atoms with Gasteiger partial charge in [0.15, 0.2) is 17.7 Å². The topological polar surface area (TPSA) is 131 Å². The Morgan fingerprint density at radius 1 is 1.24 bits per heavy atom. The van der Waals surface area contributed by atoms with E-state index in [1.807, 2.05) is 0 Å². The zero-order valence-corrected chi connectivity index (χ0v) is 17.5. The minimum absolute atomic E-state index is 0.0447. The van der Waals surface area contributed by atoms with Crippen LogP contribution in [-0.4, -0.2) is 38.2 Å². The molecule has 0 saturated carbocycles. The molecular weight excluding hydrogens is 452 g/mol. The Bertz CT molecular complexity index is 1520. The first-order chi connectivity index (χ1) is 16.3. The third-order valence-corrected chi connectivity index (χ3v) is 6.79. The lowest BCUT2D eigenvalue weighted by Crippen LogP contribution is -2.34. The summed E-state index contributed by atoms with van der Waals surface area (Å²) in [6, 6.07) is 1.84. The van der Waals surface area contributed by atoms with Gasteiger partial charge in [0.2, 0.25) is 5.91 Å². The Hall–Kier alpha value is -3.70. The van der Waals surface area contributed by atoms with Crippen LogP contribution in [0.4, 0.5) is 8.78 Å². The van der Waals surface area contributed by atoms with Gasteiger partial charge in [0.1, 0.15) is 13.2 Å². The second-order valence-corrected chi connectivity index (χ2v) is 8.58. The number of aliphatic hydroxyl groups excluding tert-OH is 2. The Kier molecular flexibility index (Phi) is 4.39. The van der Waals surface area contributed by atoms with Crippen molar-refractivity contribution in [3.63, 3.8) is 0 Å². The van der Waals surface area contributed by atoms with E-state index in [0.29, 0.717) is 27.9 Å². The highest BCUT2D eigenvalue weighted by atomic mass is 19.2. The predicted octanol–water partition coefficient (Wildman–Crippen LogP) is 0.889. The Balaban J connectivity index is 1.66. The number of nitrogens with zero attached hydrogens (tertiary/aromatic N) is 2. The zero-order valence-electron chi connectivity index (χ0n) is 17.5. The SMILES string of the molecule is O=C(CO)NC1CCc2c(F)c(F)cc3nc4c(c1c23)Cn1c-4cc2c(c1=O)COC(=O)C2O. The van der Waals surface area contributed by atoms with E-state index >= 15 is 0 Å². The Morgan fingerprint density at radius 2 is 2.03 bits per heavy atom. The summed E-state index contributed by atoms with van der Waals surface area (Å²) in [7, 11) is 0. The summed E-state index contributed by atoms with van der Waals surface area (Å²) in [5.74, 6) is -3.54. The van der Waals surface area contributed by atoms with Gasteiger partial charge in [0.25, 0.3) is 5.56 Å². The minimum atomic E-state index is -1.63. The fourth-order valence-electron chi connectivity index (χ4n) is 5.29. The number of cyclic esters (lactones) is 1. The molecule has 11 heteroatoms. The molecule has 34 heavy (non-hydrogen) atoms. The highest BCUT2D eigenvalue weighted by Gasteiger charge is 2.37. The number of aryl methyl sites for hydroxylation is 1. The zero-order chi connectivity index (χ0) is 23.9.